The molecule has 0 unspecified atom stereocenters. The first-order chi connectivity index (χ1) is 14.9. The summed E-state index contributed by atoms with van der Waals surface area (Å²) in [4.78, 5) is 46.1. The van der Waals surface area contributed by atoms with Gasteiger partial charge in [-0.15, -0.1) is 11.3 Å². The van der Waals surface area contributed by atoms with Crippen molar-refractivity contribution in [2.45, 2.75) is 31.9 Å². The standard InChI is InChI=1S/C22H22N4O4S/c1-13-14(2)31-21-23-10-16(20(29)26(13)21)19(28)25-9-8-22(15-6-4-3-5-7-15)17(11-25)30-12-18(27)24-22/h3-7,10,17H,8-9,11-12H2,1-2H3,(H,24,27)/t17-,22+/m1/s1. The number of benzene rings is 1. The van der Waals surface area contributed by atoms with Crippen molar-refractivity contribution in [1.82, 2.24) is 19.6 Å². The Kier molecular flexibility index (Phi) is 4.67. The maximum atomic E-state index is 13.3. The van der Waals surface area contributed by atoms with E-state index in [9.17, 15) is 14.4 Å². The van der Waals surface area contributed by atoms with Crippen molar-refractivity contribution in [2.75, 3.05) is 19.7 Å². The van der Waals surface area contributed by atoms with Gasteiger partial charge in [0.25, 0.3) is 11.5 Å². The molecule has 8 nitrogen and oxygen atoms in total. The monoisotopic (exact) mass is 438 g/mol. The van der Waals surface area contributed by atoms with Crippen LogP contribution in [0.3, 0.4) is 0 Å². The molecule has 4 heterocycles. The van der Waals surface area contributed by atoms with Gasteiger partial charge in [-0.05, 0) is 25.8 Å². The fourth-order valence-electron chi connectivity index (χ4n) is 4.53. The van der Waals surface area contributed by atoms with Gasteiger partial charge < -0.3 is 15.0 Å². The molecular formula is C22H22N4O4S. The molecule has 31 heavy (non-hydrogen) atoms. The molecule has 3 aromatic rings. The van der Waals surface area contributed by atoms with Crippen molar-refractivity contribution in [2.24, 2.45) is 0 Å². The topological polar surface area (TPSA) is 93.0 Å². The van der Waals surface area contributed by atoms with Gasteiger partial charge in [0.2, 0.25) is 5.91 Å². The number of carbonyl (C=O) groups excluding carboxylic acids is 2. The lowest BCUT2D eigenvalue weighted by Crippen LogP contribution is -2.67. The Morgan fingerprint density at radius 2 is 2.03 bits per heavy atom. The van der Waals surface area contributed by atoms with Crippen molar-refractivity contribution in [3.05, 3.63) is 68.6 Å². The van der Waals surface area contributed by atoms with E-state index in [-0.39, 0.29) is 36.1 Å². The second-order valence-corrected chi connectivity index (χ2v) is 9.21. The molecule has 0 radical (unpaired) electrons. The fourth-order valence-corrected chi connectivity index (χ4v) is 5.46. The maximum absolute atomic E-state index is 13.3. The van der Waals surface area contributed by atoms with Crippen LogP contribution in [0.5, 0.6) is 0 Å². The Morgan fingerprint density at radius 1 is 1.26 bits per heavy atom. The van der Waals surface area contributed by atoms with Crippen LogP contribution in [0, 0.1) is 13.8 Å². The summed E-state index contributed by atoms with van der Waals surface area (Å²) in [5.41, 5.74) is 0.756. The number of hydrogen-bond donors (Lipinski definition) is 1. The van der Waals surface area contributed by atoms with Crippen LogP contribution < -0.4 is 10.9 Å². The number of ether oxygens (including phenoxy) is 1. The lowest BCUT2D eigenvalue weighted by molar-refractivity contribution is -0.150. The summed E-state index contributed by atoms with van der Waals surface area (Å²) in [6.07, 6.45) is 1.46. The lowest BCUT2D eigenvalue weighted by atomic mass is 9.77. The Labute approximate surface area is 182 Å². The van der Waals surface area contributed by atoms with Gasteiger partial charge in [-0.2, -0.15) is 0 Å². The summed E-state index contributed by atoms with van der Waals surface area (Å²) in [7, 11) is 0. The molecule has 1 aromatic carbocycles. The highest BCUT2D eigenvalue weighted by Crippen LogP contribution is 2.37. The highest BCUT2D eigenvalue weighted by molar-refractivity contribution is 7.17. The summed E-state index contributed by atoms with van der Waals surface area (Å²) in [6, 6.07) is 9.69. The van der Waals surface area contributed by atoms with Gasteiger partial charge in [0.05, 0.1) is 5.54 Å². The Balaban J connectivity index is 1.48. The van der Waals surface area contributed by atoms with E-state index in [1.807, 2.05) is 44.2 Å². The normalized spacial score (nSPS) is 23.5. The molecule has 0 spiro atoms. The van der Waals surface area contributed by atoms with Gasteiger partial charge in [-0.25, -0.2) is 4.98 Å². The molecule has 0 aliphatic carbocycles. The molecule has 0 bridgehead atoms. The van der Waals surface area contributed by atoms with E-state index in [1.54, 1.807) is 4.90 Å². The average Bonchev–Trinajstić information content (AvgIpc) is 3.08. The largest absolute Gasteiger partial charge is 0.364 e. The SMILES string of the molecule is Cc1sc2ncc(C(=O)N3CC[C@@]4(c5ccccc5)NC(=O)CO[C@@H]4C3)c(=O)n2c1C. The van der Waals surface area contributed by atoms with Crippen molar-refractivity contribution >= 4 is 28.1 Å². The van der Waals surface area contributed by atoms with E-state index >= 15 is 0 Å². The second kappa shape index (κ2) is 7.28. The molecule has 5 rings (SSSR count). The summed E-state index contributed by atoms with van der Waals surface area (Å²) >= 11 is 1.43. The number of thiazole rings is 1. The molecule has 2 aliphatic heterocycles. The van der Waals surface area contributed by atoms with Crippen LogP contribution in [0.15, 0.2) is 41.3 Å². The molecule has 9 heteroatoms. The van der Waals surface area contributed by atoms with E-state index in [2.05, 4.69) is 10.3 Å². The van der Waals surface area contributed by atoms with Crippen molar-refractivity contribution in [3.8, 4) is 0 Å². The number of piperidine rings is 1. The molecule has 160 valence electrons. The molecule has 2 aliphatic rings. The van der Waals surface area contributed by atoms with E-state index < -0.39 is 11.6 Å². The zero-order valence-electron chi connectivity index (χ0n) is 17.3. The third kappa shape index (κ3) is 3.07. The molecule has 2 saturated heterocycles. The molecule has 1 N–H and O–H groups in total. The zero-order valence-corrected chi connectivity index (χ0v) is 18.1. The van der Waals surface area contributed by atoms with Crippen LogP contribution in [0.25, 0.3) is 4.96 Å². The minimum Gasteiger partial charge on any atom is -0.364 e. The van der Waals surface area contributed by atoms with Gasteiger partial charge in [0.1, 0.15) is 18.3 Å². The highest BCUT2D eigenvalue weighted by atomic mass is 32.1. The smallest absolute Gasteiger partial charge is 0.271 e. The number of aryl methyl sites for hydroxylation is 2. The quantitative estimate of drug-likeness (QED) is 0.657. The van der Waals surface area contributed by atoms with E-state index in [1.165, 1.54) is 21.9 Å². The van der Waals surface area contributed by atoms with Crippen LogP contribution in [0.4, 0.5) is 0 Å². The molecule has 2 atom stereocenters. The minimum atomic E-state index is -0.689. The van der Waals surface area contributed by atoms with Gasteiger partial charge in [-0.3, -0.25) is 18.8 Å². The average molecular weight is 439 g/mol. The van der Waals surface area contributed by atoms with Crippen molar-refractivity contribution < 1.29 is 14.3 Å². The Bertz CT molecular complexity index is 1250. The van der Waals surface area contributed by atoms with E-state index in [0.717, 1.165) is 16.1 Å². The maximum Gasteiger partial charge on any atom is 0.271 e. The van der Waals surface area contributed by atoms with E-state index in [0.29, 0.717) is 17.9 Å². The third-order valence-corrected chi connectivity index (χ3v) is 7.39. The second-order valence-electron chi connectivity index (χ2n) is 8.03. The predicted octanol–water partition coefficient (Wildman–Crippen LogP) is 1.63. The van der Waals surface area contributed by atoms with Crippen molar-refractivity contribution in [3.63, 3.8) is 0 Å². The van der Waals surface area contributed by atoms with Gasteiger partial charge in [-0.1, -0.05) is 30.3 Å². The molecule has 2 fully saturated rings. The molecule has 2 aromatic heterocycles. The van der Waals surface area contributed by atoms with Gasteiger partial charge >= 0.3 is 0 Å². The summed E-state index contributed by atoms with van der Waals surface area (Å²) in [5.74, 6) is -0.534. The first kappa shape index (κ1) is 19.9. The minimum absolute atomic E-state index is 0.0467. The van der Waals surface area contributed by atoms with Crippen LogP contribution >= 0.6 is 11.3 Å². The highest BCUT2D eigenvalue weighted by Gasteiger charge is 2.50. The number of morpholine rings is 1. The number of fused-ring (bicyclic) bond motifs is 2. The number of rotatable bonds is 2. The number of hydrogen-bond acceptors (Lipinski definition) is 6. The summed E-state index contributed by atoms with van der Waals surface area (Å²) in [5, 5.41) is 3.11. The molecular weight excluding hydrogens is 416 g/mol. The van der Waals surface area contributed by atoms with Crippen molar-refractivity contribution in [1.29, 1.82) is 0 Å². The van der Waals surface area contributed by atoms with E-state index in [4.69, 9.17) is 4.74 Å². The fraction of sp³-hybridized carbons (Fsp3) is 0.364. The molecule has 0 saturated carbocycles. The zero-order chi connectivity index (χ0) is 21.8. The van der Waals surface area contributed by atoms with Gasteiger partial charge in [0.15, 0.2) is 4.96 Å². The third-order valence-electron chi connectivity index (χ3n) is 6.31. The van der Waals surface area contributed by atoms with Crippen LogP contribution in [0.2, 0.25) is 0 Å². The number of aromatic nitrogens is 2. The first-order valence-electron chi connectivity index (χ1n) is 10.2. The number of amides is 2. The lowest BCUT2D eigenvalue weighted by Gasteiger charge is -2.50. The van der Waals surface area contributed by atoms with Gasteiger partial charge in [0, 0.05) is 29.9 Å². The molecule has 2 amide bonds. The van der Waals surface area contributed by atoms with Crippen LogP contribution in [-0.2, 0) is 15.1 Å². The summed E-state index contributed by atoms with van der Waals surface area (Å²) in [6.45, 7) is 4.39. The number of likely N-dealkylation sites (tertiary alicyclic amines) is 1. The number of nitrogens with one attached hydrogen (secondary N) is 1. The Hall–Kier alpha value is -3.04. The number of carbonyl (C=O) groups is 2. The summed E-state index contributed by atoms with van der Waals surface area (Å²) < 4.78 is 7.39. The number of nitrogens with zero attached hydrogens (tertiary/aromatic N) is 3. The first-order valence-corrected chi connectivity index (χ1v) is 11.0. The predicted molar refractivity (Wildman–Crippen MR) is 115 cm³/mol. The van der Waals surface area contributed by atoms with Crippen LogP contribution in [-0.4, -0.2) is 51.9 Å². The Morgan fingerprint density at radius 3 is 2.81 bits per heavy atom. The van der Waals surface area contributed by atoms with Crippen LogP contribution in [0.1, 0.15) is 32.9 Å².